The summed E-state index contributed by atoms with van der Waals surface area (Å²) in [6, 6.07) is 0. The van der Waals surface area contributed by atoms with Crippen molar-refractivity contribution in [1.82, 2.24) is 0 Å². The zero-order valence-electron chi connectivity index (χ0n) is 6.52. The SMILES string of the molecule is C=C/C(N)=C(/Br)C=C.CC. The minimum Gasteiger partial charge on any atom is -0.398 e. The monoisotopic (exact) mass is 203 g/mol. The number of nitrogens with two attached hydrogens (primary N) is 1. The van der Waals surface area contributed by atoms with Crippen LogP contribution in [0, 0.1) is 0 Å². The van der Waals surface area contributed by atoms with E-state index in [9.17, 15) is 0 Å². The molecule has 2 heteroatoms. The fraction of sp³-hybridized carbons (Fsp3) is 0.250. The smallest absolute Gasteiger partial charge is 0.0452 e. The predicted molar refractivity (Wildman–Crippen MR) is 51.9 cm³/mol. The van der Waals surface area contributed by atoms with Crippen LogP contribution in [0.25, 0.3) is 0 Å². The largest absolute Gasteiger partial charge is 0.398 e. The predicted octanol–water partition coefficient (Wildman–Crippen LogP) is 2.95. The van der Waals surface area contributed by atoms with Gasteiger partial charge in [0.2, 0.25) is 0 Å². The molecule has 0 aliphatic carbocycles. The lowest BCUT2D eigenvalue weighted by atomic mass is 10.4. The minimum atomic E-state index is 0.611. The summed E-state index contributed by atoms with van der Waals surface area (Å²) in [5, 5.41) is 0. The Labute approximate surface area is 71.4 Å². The lowest BCUT2D eigenvalue weighted by Crippen LogP contribution is -1.92. The molecule has 1 nitrogen and oxygen atoms in total. The molecule has 2 N–H and O–H groups in total. The van der Waals surface area contributed by atoms with Crippen molar-refractivity contribution in [3.8, 4) is 0 Å². The molecular formula is C8H14BrN. The standard InChI is InChI=1S/C6H8BrN.C2H6/c1-3-5(7)6(8)4-2;1-2/h3-4H,1-2,8H2;1-2H3/b6-5-;. The van der Waals surface area contributed by atoms with Crippen molar-refractivity contribution in [2.75, 3.05) is 0 Å². The molecule has 0 aromatic carbocycles. The highest BCUT2D eigenvalue weighted by atomic mass is 79.9. The van der Waals surface area contributed by atoms with Crippen molar-refractivity contribution in [2.24, 2.45) is 5.73 Å². The summed E-state index contributed by atoms with van der Waals surface area (Å²) in [5.74, 6) is 0. The number of rotatable bonds is 2. The van der Waals surface area contributed by atoms with Crippen LogP contribution < -0.4 is 5.73 Å². The topological polar surface area (TPSA) is 26.0 Å². The van der Waals surface area contributed by atoms with Gasteiger partial charge in [-0.2, -0.15) is 0 Å². The van der Waals surface area contributed by atoms with Gasteiger partial charge in [0.15, 0.2) is 0 Å². The molecule has 0 saturated heterocycles. The molecule has 0 rings (SSSR count). The molecule has 0 spiro atoms. The van der Waals surface area contributed by atoms with Gasteiger partial charge in [-0.3, -0.25) is 0 Å². The van der Waals surface area contributed by atoms with E-state index in [0.717, 1.165) is 4.48 Å². The summed E-state index contributed by atoms with van der Waals surface area (Å²) in [6.45, 7) is 11.0. The van der Waals surface area contributed by atoms with E-state index in [1.54, 1.807) is 12.2 Å². The first-order chi connectivity index (χ1) is 4.72. The van der Waals surface area contributed by atoms with E-state index in [1.165, 1.54) is 0 Å². The molecule has 0 aliphatic heterocycles. The Morgan fingerprint density at radius 3 is 1.80 bits per heavy atom. The molecule has 0 aromatic heterocycles. The Kier molecular flexibility index (Phi) is 10.4. The van der Waals surface area contributed by atoms with Crippen molar-refractivity contribution in [3.05, 3.63) is 35.5 Å². The third-order valence-corrected chi connectivity index (χ3v) is 1.46. The first-order valence-corrected chi connectivity index (χ1v) is 3.91. The van der Waals surface area contributed by atoms with E-state index < -0.39 is 0 Å². The molecule has 0 bridgehead atoms. The maximum atomic E-state index is 5.37. The minimum absolute atomic E-state index is 0.611. The van der Waals surface area contributed by atoms with E-state index in [0.29, 0.717) is 5.70 Å². The van der Waals surface area contributed by atoms with E-state index in [-0.39, 0.29) is 0 Å². The second-order valence-corrected chi connectivity index (χ2v) is 2.07. The Balaban J connectivity index is 0. The van der Waals surface area contributed by atoms with Gasteiger partial charge in [0.25, 0.3) is 0 Å². The molecule has 0 aromatic rings. The van der Waals surface area contributed by atoms with Crippen LogP contribution in [0.2, 0.25) is 0 Å². The second-order valence-electron chi connectivity index (χ2n) is 1.21. The third kappa shape index (κ3) is 5.63. The fourth-order valence-electron chi connectivity index (χ4n) is 0.215. The molecule has 0 heterocycles. The lowest BCUT2D eigenvalue weighted by molar-refractivity contribution is 1.43. The Hall–Kier alpha value is -0.500. The highest BCUT2D eigenvalue weighted by Crippen LogP contribution is 2.08. The van der Waals surface area contributed by atoms with E-state index in [4.69, 9.17) is 5.73 Å². The van der Waals surface area contributed by atoms with Crippen LogP contribution in [-0.2, 0) is 0 Å². The van der Waals surface area contributed by atoms with Crippen molar-refractivity contribution < 1.29 is 0 Å². The summed E-state index contributed by atoms with van der Waals surface area (Å²) in [4.78, 5) is 0. The number of halogens is 1. The second kappa shape index (κ2) is 8.50. The first kappa shape index (κ1) is 12.2. The third-order valence-electron chi connectivity index (χ3n) is 0.675. The van der Waals surface area contributed by atoms with Crippen LogP contribution in [0.15, 0.2) is 35.5 Å². The Morgan fingerprint density at radius 2 is 1.70 bits per heavy atom. The van der Waals surface area contributed by atoms with Gasteiger partial charge < -0.3 is 5.73 Å². The van der Waals surface area contributed by atoms with Crippen molar-refractivity contribution in [3.63, 3.8) is 0 Å². The van der Waals surface area contributed by atoms with E-state index >= 15 is 0 Å². The van der Waals surface area contributed by atoms with E-state index in [1.807, 2.05) is 13.8 Å². The molecule has 58 valence electrons. The number of hydrogen-bond donors (Lipinski definition) is 1. The van der Waals surface area contributed by atoms with Crippen LogP contribution in [0.3, 0.4) is 0 Å². The summed E-state index contributed by atoms with van der Waals surface area (Å²) in [6.07, 6.45) is 3.18. The zero-order chi connectivity index (χ0) is 8.57. The molecule has 0 aliphatic rings. The molecule has 0 saturated carbocycles. The summed E-state index contributed by atoms with van der Waals surface area (Å²) >= 11 is 3.17. The molecule has 0 radical (unpaired) electrons. The highest BCUT2D eigenvalue weighted by Gasteiger charge is 1.85. The summed E-state index contributed by atoms with van der Waals surface area (Å²) in [5.41, 5.74) is 5.98. The molecule has 0 unspecified atom stereocenters. The normalized spacial score (nSPS) is 10.3. The van der Waals surface area contributed by atoms with Crippen molar-refractivity contribution in [2.45, 2.75) is 13.8 Å². The molecule has 10 heavy (non-hydrogen) atoms. The number of allylic oxidation sites excluding steroid dienone is 3. The van der Waals surface area contributed by atoms with Gasteiger partial charge in [-0.1, -0.05) is 33.1 Å². The lowest BCUT2D eigenvalue weighted by Gasteiger charge is -1.90. The molecular weight excluding hydrogens is 190 g/mol. The van der Waals surface area contributed by atoms with Crippen LogP contribution >= 0.6 is 15.9 Å². The first-order valence-electron chi connectivity index (χ1n) is 3.12. The maximum absolute atomic E-state index is 5.37. The van der Waals surface area contributed by atoms with Crippen molar-refractivity contribution in [1.29, 1.82) is 0 Å². The molecule has 0 fully saturated rings. The summed E-state index contributed by atoms with van der Waals surface area (Å²) < 4.78 is 0.785. The van der Waals surface area contributed by atoms with Crippen LogP contribution in [-0.4, -0.2) is 0 Å². The average Bonchev–Trinajstić information content (AvgIpc) is 2.05. The zero-order valence-corrected chi connectivity index (χ0v) is 8.11. The van der Waals surface area contributed by atoms with Crippen molar-refractivity contribution >= 4 is 15.9 Å². The van der Waals surface area contributed by atoms with Gasteiger partial charge in [-0.25, -0.2) is 0 Å². The number of hydrogen-bond acceptors (Lipinski definition) is 1. The molecule has 0 amide bonds. The van der Waals surface area contributed by atoms with Gasteiger partial charge in [-0.05, 0) is 22.0 Å². The summed E-state index contributed by atoms with van der Waals surface area (Å²) in [7, 11) is 0. The van der Waals surface area contributed by atoms with Crippen LogP contribution in [0.5, 0.6) is 0 Å². The molecule has 0 atom stereocenters. The van der Waals surface area contributed by atoms with Gasteiger partial charge in [-0.15, -0.1) is 0 Å². The quantitative estimate of drug-likeness (QED) is 0.687. The van der Waals surface area contributed by atoms with E-state index in [2.05, 4.69) is 29.1 Å². The van der Waals surface area contributed by atoms with Crippen LogP contribution in [0.1, 0.15) is 13.8 Å². The van der Waals surface area contributed by atoms with Gasteiger partial charge in [0.05, 0.1) is 0 Å². The average molecular weight is 204 g/mol. The Morgan fingerprint density at radius 1 is 1.30 bits per heavy atom. The van der Waals surface area contributed by atoms with Crippen LogP contribution in [0.4, 0.5) is 0 Å². The van der Waals surface area contributed by atoms with Gasteiger partial charge in [0, 0.05) is 10.2 Å². The fourth-order valence-corrected chi connectivity index (χ4v) is 0.377. The Bertz CT molecular complexity index is 120. The van der Waals surface area contributed by atoms with Gasteiger partial charge in [0.1, 0.15) is 0 Å². The maximum Gasteiger partial charge on any atom is 0.0452 e. The van der Waals surface area contributed by atoms with Gasteiger partial charge >= 0.3 is 0 Å². The highest BCUT2D eigenvalue weighted by molar-refractivity contribution is 9.11.